The van der Waals surface area contributed by atoms with Crippen LogP contribution in [-0.4, -0.2) is 10.9 Å². The van der Waals surface area contributed by atoms with Crippen LogP contribution in [0, 0.1) is 5.92 Å². The van der Waals surface area contributed by atoms with Gasteiger partial charge < -0.3 is 5.11 Å². The number of ketones is 1. The molecule has 0 aromatic heterocycles. The molecule has 1 aromatic rings. The van der Waals surface area contributed by atoms with Gasteiger partial charge in [0.15, 0.2) is 5.78 Å². The molecule has 1 N–H and O–H groups in total. The fourth-order valence-electron chi connectivity index (χ4n) is 1.54. The van der Waals surface area contributed by atoms with Crippen molar-refractivity contribution in [1.82, 2.24) is 0 Å². The molecule has 2 heteroatoms. The third-order valence-electron chi connectivity index (χ3n) is 2.61. The molecular weight excluding hydrogens is 176 g/mol. The summed E-state index contributed by atoms with van der Waals surface area (Å²) in [5.41, 5.74) is 0.707. The molecule has 0 aliphatic heterocycles. The van der Waals surface area contributed by atoms with Gasteiger partial charge in [-0.05, 0) is 24.3 Å². The Labute approximate surface area is 83.6 Å². The lowest BCUT2D eigenvalue weighted by Gasteiger charge is -2.08. The molecule has 1 aliphatic rings. The molecule has 2 rings (SSSR count). The van der Waals surface area contributed by atoms with E-state index in [-0.39, 0.29) is 5.78 Å². The summed E-state index contributed by atoms with van der Waals surface area (Å²) in [5.74, 6) is 0.500. The van der Waals surface area contributed by atoms with E-state index in [0.29, 0.717) is 17.9 Å². The first-order valence-electron chi connectivity index (χ1n) is 5.03. The Kier molecular flexibility index (Phi) is 2.64. The van der Waals surface area contributed by atoms with E-state index in [1.807, 2.05) is 18.2 Å². The predicted molar refractivity (Wildman–Crippen MR) is 53.7 cm³/mol. The van der Waals surface area contributed by atoms with Crippen LogP contribution in [0.3, 0.4) is 0 Å². The highest BCUT2D eigenvalue weighted by Crippen LogP contribution is 2.34. The summed E-state index contributed by atoms with van der Waals surface area (Å²) in [4.78, 5) is 11.5. The van der Waals surface area contributed by atoms with Crippen molar-refractivity contribution in [3.8, 4) is 0 Å². The van der Waals surface area contributed by atoms with Gasteiger partial charge >= 0.3 is 0 Å². The molecule has 0 amide bonds. The van der Waals surface area contributed by atoms with E-state index in [0.717, 1.165) is 12.8 Å². The monoisotopic (exact) mass is 190 g/mol. The minimum atomic E-state index is -0.920. The second-order valence-electron chi connectivity index (χ2n) is 3.93. The van der Waals surface area contributed by atoms with E-state index in [4.69, 9.17) is 0 Å². The number of hydrogen-bond acceptors (Lipinski definition) is 2. The maximum absolute atomic E-state index is 11.5. The molecule has 0 bridgehead atoms. The van der Waals surface area contributed by atoms with Crippen LogP contribution in [0.5, 0.6) is 0 Å². The first-order chi connectivity index (χ1) is 6.77. The van der Waals surface area contributed by atoms with E-state index < -0.39 is 6.10 Å². The standard InChI is InChI=1S/C12H14O2/c13-11(8-9-6-7-9)12(14)10-4-2-1-3-5-10/h1-5,9,12,14H,6-8H2. The number of rotatable bonds is 4. The molecule has 14 heavy (non-hydrogen) atoms. The largest absolute Gasteiger partial charge is 0.381 e. The van der Waals surface area contributed by atoms with Crippen molar-refractivity contribution >= 4 is 5.78 Å². The van der Waals surface area contributed by atoms with E-state index in [1.54, 1.807) is 12.1 Å². The van der Waals surface area contributed by atoms with Crippen molar-refractivity contribution in [3.05, 3.63) is 35.9 Å². The lowest BCUT2D eigenvalue weighted by Crippen LogP contribution is -2.12. The maximum Gasteiger partial charge on any atom is 0.166 e. The molecule has 1 fully saturated rings. The molecule has 1 aliphatic carbocycles. The lowest BCUT2D eigenvalue weighted by molar-refractivity contribution is -0.127. The molecule has 1 aromatic carbocycles. The van der Waals surface area contributed by atoms with Crippen molar-refractivity contribution in [3.63, 3.8) is 0 Å². The first-order valence-corrected chi connectivity index (χ1v) is 5.03. The van der Waals surface area contributed by atoms with E-state index in [1.165, 1.54) is 0 Å². The summed E-state index contributed by atoms with van der Waals surface area (Å²) < 4.78 is 0. The van der Waals surface area contributed by atoms with Crippen molar-refractivity contribution < 1.29 is 9.90 Å². The van der Waals surface area contributed by atoms with Gasteiger partial charge in [-0.2, -0.15) is 0 Å². The molecule has 74 valence electrons. The zero-order valence-corrected chi connectivity index (χ0v) is 8.02. The van der Waals surface area contributed by atoms with Gasteiger partial charge in [0.1, 0.15) is 6.10 Å². The highest BCUT2D eigenvalue weighted by atomic mass is 16.3. The molecule has 0 heterocycles. The number of carbonyl (C=O) groups is 1. The zero-order chi connectivity index (χ0) is 9.97. The SMILES string of the molecule is O=C(CC1CC1)C(O)c1ccccc1. The number of aliphatic hydroxyl groups is 1. The third kappa shape index (κ3) is 2.20. The topological polar surface area (TPSA) is 37.3 Å². The van der Waals surface area contributed by atoms with Gasteiger partial charge in [0.25, 0.3) is 0 Å². The summed E-state index contributed by atoms with van der Waals surface area (Å²) in [6.45, 7) is 0. The number of Topliss-reactive ketones (excluding diaryl/α,β-unsaturated/α-hetero) is 1. The van der Waals surface area contributed by atoms with Crippen LogP contribution in [-0.2, 0) is 4.79 Å². The van der Waals surface area contributed by atoms with Crippen molar-refractivity contribution in [2.45, 2.75) is 25.4 Å². The second kappa shape index (κ2) is 3.93. The van der Waals surface area contributed by atoms with Crippen LogP contribution >= 0.6 is 0 Å². The lowest BCUT2D eigenvalue weighted by atomic mass is 10.0. The van der Waals surface area contributed by atoms with E-state index in [2.05, 4.69) is 0 Å². The molecule has 1 atom stereocenters. The van der Waals surface area contributed by atoms with Crippen LogP contribution in [0.25, 0.3) is 0 Å². The zero-order valence-electron chi connectivity index (χ0n) is 8.02. The minimum absolute atomic E-state index is 0.0429. The molecule has 0 saturated heterocycles. The quantitative estimate of drug-likeness (QED) is 0.789. The summed E-state index contributed by atoms with van der Waals surface area (Å²) in [7, 11) is 0. The van der Waals surface area contributed by atoms with Crippen LogP contribution in [0.15, 0.2) is 30.3 Å². The van der Waals surface area contributed by atoms with E-state index >= 15 is 0 Å². The third-order valence-corrected chi connectivity index (χ3v) is 2.61. The van der Waals surface area contributed by atoms with Gasteiger partial charge in [0, 0.05) is 6.42 Å². The highest BCUT2D eigenvalue weighted by molar-refractivity contribution is 5.84. The second-order valence-corrected chi connectivity index (χ2v) is 3.93. The maximum atomic E-state index is 11.5. The van der Waals surface area contributed by atoms with Crippen molar-refractivity contribution in [2.24, 2.45) is 5.92 Å². The Morgan fingerprint density at radius 1 is 1.36 bits per heavy atom. The molecular formula is C12H14O2. The average Bonchev–Trinajstić information content (AvgIpc) is 3.02. The van der Waals surface area contributed by atoms with Gasteiger partial charge in [0.05, 0.1) is 0 Å². The Bertz CT molecular complexity index is 314. The highest BCUT2D eigenvalue weighted by Gasteiger charge is 2.27. The Hall–Kier alpha value is -1.15. The van der Waals surface area contributed by atoms with Crippen LogP contribution < -0.4 is 0 Å². The average molecular weight is 190 g/mol. The van der Waals surface area contributed by atoms with Gasteiger partial charge in [0.2, 0.25) is 0 Å². The smallest absolute Gasteiger partial charge is 0.166 e. The summed E-state index contributed by atoms with van der Waals surface area (Å²) in [6, 6.07) is 9.12. The summed E-state index contributed by atoms with van der Waals surface area (Å²) in [5, 5.41) is 9.72. The first kappa shape index (κ1) is 9.41. The van der Waals surface area contributed by atoms with Gasteiger partial charge in [-0.25, -0.2) is 0 Å². The molecule has 2 nitrogen and oxygen atoms in total. The van der Waals surface area contributed by atoms with Crippen molar-refractivity contribution in [1.29, 1.82) is 0 Å². The summed E-state index contributed by atoms with van der Waals surface area (Å²) >= 11 is 0. The van der Waals surface area contributed by atoms with Gasteiger partial charge in [-0.1, -0.05) is 30.3 Å². The van der Waals surface area contributed by atoms with Crippen LogP contribution in [0.1, 0.15) is 30.9 Å². The summed E-state index contributed by atoms with van der Waals surface area (Å²) in [6.07, 6.45) is 1.91. The number of aliphatic hydroxyl groups excluding tert-OH is 1. The van der Waals surface area contributed by atoms with Crippen molar-refractivity contribution in [2.75, 3.05) is 0 Å². The molecule has 1 saturated carbocycles. The Balaban J connectivity index is 1.99. The van der Waals surface area contributed by atoms with Gasteiger partial charge in [-0.3, -0.25) is 4.79 Å². The predicted octanol–water partition coefficient (Wildman–Crippen LogP) is 2.09. The fourth-order valence-corrected chi connectivity index (χ4v) is 1.54. The van der Waals surface area contributed by atoms with Crippen LogP contribution in [0.2, 0.25) is 0 Å². The normalized spacial score (nSPS) is 17.8. The number of hydrogen-bond donors (Lipinski definition) is 1. The minimum Gasteiger partial charge on any atom is -0.381 e. The van der Waals surface area contributed by atoms with Gasteiger partial charge in [-0.15, -0.1) is 0 Å². The number of carbonyl (C=O) groups excluding carboxylic acids is 1. The molecule has 0 spiro atoms. The fraction of sp³-hybridized carbons (Fsp3) is 0.417. The molecule has 0 radical (unpaired) electrons. The number of benzene rings is 1. The Morgan fingerprint density at radius 2 is 2.00 bits per heavy atom. The van der Waals surface area contributed by atoms with Crippen LogP contribution in [0.4, 0.5) is 0 Å². The van der Waals surface area contributed by atoms with E-state index in [9.17, 15) is 9.90 Å². The molecule has 1 unspecified atom stereocenters. The Morgan fingerprint density at radius 3 is 2.57 bits per heavy atom.